The van der Waals surface area contributed by atoms with Gasteiger partial charge in [-0.15, -0.1) is 0 Å². The lowest BCUT2D eigenvalue weighted by molar-refractivity contribution is -0.330. The minimum Gasteiger partial charge on any atom is -0.392 e. The number of rotatable bonds is 1. The molecule has 1 spiro atoms. The van der Waals surface area contributed by atoms with Gasteiger partial charge in [0, 0.05) is 23.7 Å². The topological polar surface area (TPSA) is 65.0 Å². The number of aliphatic hydroxyl groups is 1. The molecule has 5 heteroatoms. The molecular formula is C22H34O5. The quantitative estimate of drug-likeness (QED) is 0.760. The number of fused-ring (bicyclic) bond motifs is 5. The van der Waals surface area contributed by atoms with Gasteiger partial charge in [0.05, 0.1) is 31.0 Å². The van der Waals surface area contributed by atoms with Crippen molar-refractivity contribution >= 4 is 5.78 Å². The van der Waals surface area contributed by atoms with Crippen molar-refractivity contribution in [3.8, 4) is 0 Å². The number of ether oxygens (including phenoxy) is 3. The van der Waals surface area contributed by atoms with Gasteiger partial charge in [0.2, 0.25) is 0 Å². The summed E-state index contributed by atoms with van der Waals surface area (Å²) in [5.41, 5.74) is -0.345. The van der Waals surface area contributed by atoms with Crippen LogP contribution in [0.3, 0.4) is 0 Å². The molecule has 0 aromatic rings. The summed E-state index contributed by atoms with van der Waals surface area (Å²) < 4.78 is 19.3. The molecule has 6 fully saturated rings. The highest BCUT2D eigenvalue weighted by Crippen LogP contribution is 2.69. The third kappa shape index (κ3) is 2.29. The minimum atomic E-state index is -0.618. The lowest BCUT2D eigenvalue weighted by atomic mass is 9.39. The molecule has 3 heterocycles. The molecule has 152 valence electrons. The van der Waals surface area contributed by atoms with Gasteiger partial charge in [-0.1, -0.05) is 13.8 Å². The molecule has 27 heavy (non-hydrogen) atoms. The summed E-state index contributed by atoms with van der Waals surface area (Å²) in [5, 5.41) is 11.3. The average Bonchev–Trinajstić information content (AvgIpc) is 2.90. The Labute approximate surface area is 162 Å². The molecule has 6 aliphatic rings. The van der Waals surface area contributed by atoms with E-state index in [2.05, 4.69) is 13.8 Å². The molecule has 1 N–H and O–H groups in total. The Bertz CT molecular complexity index is 657. The molecule has 9 atom stereocenters. The van der Waals surface area contributed by atoms with E-state index in [4.69, 9.17) is 14.2 Å². The van der Waals surface area contributed by atoms with Crippen LogP contribution in [0.15, 0.2) is 0 Å². The average molecular weight is 379 g/mol. The Hall–Kier alpha value is -0.490. The van der Waals surface area contributed by atoms with Crippen molar-refractivity contribution in [2.24, 2.45) is 34.5 Å². The van der Waals surface area contributed by atoms with Gasteiger partial charge in [-0.25, -0.2) is 0 Å². The van der Waals surface area contributed by atoms with Gasteiger partial charge in [0.1, 0.15) is 5.78 Å². The van der Waals surface area contributed by atoms with E-state index in [1.165, 1.54) is 0 Å². The Kier molecular flexibility index (Phi) is 3.82. The first-order valence-corrected chi connectivity index (χ1v) is 10.7. The molecular weight excluding hydrogens is 344 g/mol. The van der Waals surface area contributed by atoms with Gasteiger partial charge in [-0.3, -0.25) is 4.79 Å². The van der Waals surface area contributed by atoms with Gasteiger partial charge in [0.15, 0.2) is 5.79 Å². The Morgan fingerprint density at radius 2 is 1.74 bits per heavy atom. The van der Waals surface area contributed by atoms with Crippen molar-refractivity contribution in [1.29, 1.82) is 0 Å². The van der Waals surface area contributed by atoms with Gasteiger partial charge in [-0.05, 0) is 57.3 Å². The molecule has 0 radical (unpaired) electrons. The molecule has 3 aliphatic carbocycles. The highest BCUT2D eigenvalue weighted by Gasteiger charge is 2.74. The third-order valence-corrected chi connectivity index (χ3v) is 8.88. The summed E-state index contributed by atoms with van der Waals surface area (Å²) in [7, 11) is 0. The zero-order valence-electron chi connectivity index (χ0n) is 17.2. The number of carbonyl (C=O) groups is 1. The Balaban J connectivity index is 1.63. The first-order valence-electron chi connectivity index (χ1n) is 10.7. The van der Waals surface area contributed by atoms with Crippen molar-refractivity contribution in [1.82, 2.24) is 0 Å². The molecule has 5 nitrogen and oxygen atoms in total. The molecule has 0 aromatic heterocycles. The van der Waals surface area contributed by atoms with Crippen molar-refractivity contribution in [2.75, 3.05) is 6.61 Å². The monoisotopic (exact) mass is 378 g/mol. The molecule has 3 saturated heterocycles. The standard InChI is InChI=1S/C22H34O5/c1-11(23)12-6-7-14-13(8-12)17-18(27-21(4,5)26-17)19-20(2,3)16-9-15(24)22(14,19)10-25-16/h12-19,24H,6-10H2,1-5H3/t12-,13-,14-,15-,16-,17-,18-,19-,22-/m1/s1. The van der Waals surface area contributed by atoms with Crippen molar-refractivity contribution < 1.29 is 24.1 Å². The largest absolute Gasteiger partial charge is 0.392 e. The van der Waals surface area contributed by atoms with Gasteiger partial charge in [0.25, 0.3) is 0 Å². The van der Waals surface area contributed by atoms with E-state index in [9.17, 15) is 9.90 Å². The van der Waals surface area contributed by atoms with Gasteiger partial charge < -0.3 is 19.3 Å². The lowest BCUT2D eigenvalue weighted by Gasteiger charge is -2.70. The maximum absolute atomic E-state index is 12.2. The Morgan fingerprint density at radius 3 is 2.41 bits per heavy atom. The number of hydrogen-bond donors (Lipinski definition) is 1. The van der Waals surface area contributed by atoms with E-state index >= 15 is 0 Å². The van der Waals surface area contributed by atoms with E-state index in [0.29, 0.717) is 18.9 Å². The second-order valence-corrected chi connectivity index (χ2v) is 10.9. The fraction of sp³-hybridized carbons (Fsp3) is 0.955. The van der Waals surface area contributed by atoms with E-state index < -0.39 is 5.79 Å². The van der Waals surface area contributed by atoms with Gasteiger partial charge in [-0.2, -0.15) is 0 Å². The van der Waals surface area contributed by atoms with Crippen LogP contribution in [-0.4, -0.2) is 47.7 Å². The van der Waals surface area contributed by atoms with Crippen LogP contribution in [-0.2, 0) is 19.0 Å². The first-order chi connectivity index (χ1) is 12.6. The van der Waals surface area contributed by atoms with Crippen LogP contribution >= 0.6 is 0 Å². The summed E-state index contributed by atoms with van der Waals surface area (Å²) in [4.78, 5) is 12.2. The van der Waals surface area contributed by atoms with Crippen LogP contribution in [0.25, 0.3) is 0 Å². The predicted molar refractivity (Wildman–Crippen MR) is 98.9 cm³/mol. The molecule has 3 aliphatic heterocycles. The lowest BCUT2D eigenvalue weighted by Crippen LogP contribution is -2.75. The third-order valence-electron chi connectivity index (χ3n) is 8.88. The van der Waals surface area contributed by atoms with Crippen molar-refractivity contribution in [3.05, 3.63) is 0 Å². The fourth-order valence-electron chi connectivity index (χ4n) is 7.86. The number of hydrogen-bond acceptors (Lipinski definition) is 5. The van der Waals surface area contributed by atoms with Crippen LogP contribution in [0.2, 0.25) is 0 Å². The molecule has 2 bridgehead atoms. The highest BCUT2D eigenvalue weighted by atomic mass is 16.8. The maximum Gasteiger partial charge on any atom is 0.163 e. The van der Waals surface area contributed by atoms with Crippen LogP contribution in [0.5, 0.6) is 0 Å². The van der Waals surface area contributed by atoms with E-state index in [1.807, 2.05) is 13.8 Å². The second kappa shape index (κ2) is 5.56. The van der Waals surface area contributed by atoms with E-state index in [1.54, 1.807) is 6.92 Å². The molecule has 6 rings (SSSR count). The number of aliphatic hydroxyl groups excluding tert-OH is 1. The smallest absolute Gasteiger partial charge is 0.163 e. The number of ketones is 1. The normalized spacial score (nSPS) is 54.7. The molecule has 0 aromatic carbocycles. The molecule has 3 saturated carbocycles. The molecule has 0 unspecified atom stereocenters. The Morgan fingerprint density at radius 1 is 1.04 bits per heavy atom. The van der Waals surface area contributed by atoms with E-state index in [-0.39, 0.29) is 58.8 Å². The van der Waals surface area contributed by atoms with Crippen LogP contribution in [0.1, 0.15) is 60.3 Å². The zero-order valence-corrected chi connectivity index (χ0v) is 17.2. The van der Waals surface area contributed by atoms with Gasteiger partial charge >= 0.3 is 0 Å². The van der Waals surface area contributed by atoms with Crippen LogP contribution in [0, 0.1) is 34.5 Å². The maximum atomic E-state index is 12.2. The minimum absolute atomic E-state index is 0.00796. The van der Waals surface area contributed by atoms with Crippen LogP contribution < -0.4 is 0 Å². The first kappa shape index (κ1) is 18.5. The predicted octanol–water partition coefficient (Wildman–Crippen LogP) is 2.93. The van der Waals surface area contributed by atoms with Crippen molar-refractivity contribution in [2.45, 2.75) is 90.5 Å². The van der Waals surface area contributed by atoms with Crippen molar-refractivity contribution in [3.63, 3.8) is 0 Å². The van der Waals surface area contributed by atoms with E-state index in [0.717, 1.165) is 19.3 Å². The summed E-state index contributed by atoms with van der Waals surface area (Å²) in [6.45, 7) is 10.9. The fourth-order valence-corrected chi connectivity index (χ4v) is 7.86. The number of Topliss-reactive ketones (excluding diaryl/α,β-unsaturated/α-hetero) is 1. The number of carbonyl (C=O) groups excluding carboxylic acids is 1. The second-order valence-electron chi connectivity index (χ2n) is 10.9. The highest BCUT2D eigenvalue weighted by molar-refractivity contribution is 5.78. The summed E-state index contributed by atoms with van der Waals surface area (Å²) in [6, 6.07) is 0. The van der Waals surface area contributed by atoms with Crippen LogP contribution in [0.4, 0.5) is 0 Å². The summed E-state index contributed by atoms with van der Waals surface area (Å²) >= 11 is 0. The zero-order chi connectivity index (χ0) is 19.4. The molecule has 0 amide bonds. The SMILES string of the molecule is CC(=O)[C@@H]1CC[C@@H]2[C@@H](C1)[C@H]1OC(C)(C)O[C@H]1[C@@H]1C(C)(C)[C@H]3C[C@@H](O)[C@@]21CO3. The summed E-state index contributed by atoms with van der Waals surface area (Å²) in [5.74, 6) is 0.569. The summed E-state index contributed by atoms with van der Waals surface area (Å²) in [6.07, 6.45) is 3.14.